The van der Waals surface area contributed by atoms with E-state index in [4.69, 9.17) is 4.74 Å². The van der Waals surface area contributed by atoms with Gasteiger partial charge in [0.15, 0.2) is 5.78 Å². The van der Waals surface area contributed by atoms with Crippen LogP contribution in [0.1, 0.15) is 29.8 Å². The van der Waals surface area contributed by atoms with Crippen molar-refractivity contribution in [3.8, 4) is 5.75 Å². The molecule has 0 N–H and O–H groups in total. The number of nitro benzene ring substituents is 1. The maximum absolute atomic E-state index is 13.0. The number of hydrogen-bond donors (Lipinski definition) is 0. The molecule has 0 aliphatic carbocycles. The van der Waals surface area contributed by atoms with Gasteiger partial charge in [-0.3, -0.25) is 14.9 Å². The average Bonchev–Trinajstić information content (AvgIpc) is 2.26. The van der Waals surface area contributed by atoms with Crippen LogP contribution in [0.15, 0.2) is 12.1 Å². The van der Waals surface area contributed by atoms with Gasteiger partial charge in [0, 0.05) is 11.6 Å². The minimum Gasteiger partial charge on any atom is -0.487 e. The van der Waals surface area contributed by atoms with Crippen molar-refractivity contribution in [3.05, 3.63) is 33.4 Å². The van der Waals surface area contributed by atoms with Gasteiger partial charge >= 0.3 is 11.9 Å². The molecular weight excluding hydrogens is 267 g/mol. The Labute approximate surface area is 106 Å². The molecule has 5 nitrogen and oxygen atoms in total. The Morgan fingerprint density at radius 1 is 1.42 bits per heavy atom. The van der Waals surface area contributed by atoms with Gasteiger partial charge in [0.25, 0.3) is 0 Å². The van der Waals surface area contributed by atoms with E-state index in [-0.39, 0.29) is 6.61 Å². The fourth-order valence-corrected chi connectivity index (χ4v) is 1.58. The molecule has 0 atom stereocenters. The van der Waals surface area contributed by atoms with E-state index in [0.717, 1.165) is 19.1 Å². The molecule has 1 aromatic carbocycles. The Morgan fingerprint density at radius 3 is 2.37 bits per heavy atom. The SMILES string of the molecule is CCOc1c([N+](=O)[O-])ccc(C(C)=O)c1C(F)(F)F. The molecule has 0 fully saturated rings. The number of ketones is 1. The number of ether oxygens (including phenoxy) is 1. The summed E-state index contributed by atoms with van der Waals surface area (Å²) in [6.07, 6.45) is -4.92. The Bertz CT molecular complexity index is 525. The van der Waals surface area contributed by atoms with Crippen molar-refractivity contribution in [2.45, 2.75) is 20.0 Å². The van der Waals surface area contributed by atoms with Crippen LogP contribution in [-0.2, 0) is 6.18 Å². The van der Waals surface area contributed by atoms with Gasteiger partial charge in [0.2, 0.25) is 5.75 Å². The molecule has 1 aromatic rings. The van der Waals surface area contributed by atoms with Gasteiger partial charge in [-0.2, -0.15) is 13.2 Å². The van der Waals surface area contributed by atoms with E-state index in [0.29, 0.717) is 0 Å². The second-order valence-corrected chi connectivity index (χ2v) is 3.58. The lowest BCUT2D eigenvalue weighted by Gasteiger charge is -2.16. The lowest BCUT2D eigenvalue weighted by atomic mass is 10.0. The van der Waals surface area contributed by atoms with Crippen molar-refractivity contribution in [1.29, 1.82) is 0 Å². The monoisotopic (exact) mass is 277 g/mol. The molecule has 0 heterocycles. The molecule has 0 bridgehead atoms. The minimum atomic E-state index is -4.92. The Hall–Kier alpha value is -2.12. The van der Waals surface area contributed by atoms with E-state index in [1.165, 1.54) is 6.92 Å². The van der Waals surface area contributed by atoms with Crippen molar-refractivity contribution < 1.29 is 27.6 Å². The van der Waals surface area contributed by atoms with E-state index in [1.54, 1.807) is 0 Å². The summed E-state index contributed by atoms with van der Waals surface area (Å²) >= 11 is 0. The van der Waals surface area contributed by atoms with E-state index in [9.17, 15) is 28.1 Å². The zero-order valence-electron chi connectivity index (χ0n) is 10.1. The largest absolute Gasteiger partial charge is 0.487 e. The molecule has 8 heteroatoms. The predicted molar refractivity (Wildman–Crippen MR) is 59.3 cm³/mol. The summed E-state index contributed by atoms with van der Waals surface area (Å²) in [5.74, 6) is -1.77. The summed E-state index contributed by atoms with van der Waals surface area (Å²) in [6.45, 7) is 2.15. The van der Waals surface area contributed by atoms with E-state index < -0.39 is 39.4 Å². The maximum atomic E-state index is 13.0. The smallest absolute Gasteiger partial charge is 0.420 e. The van der Waals surface area contributed by atoms with Crippen LogP contribution in [0.5, 0.6) is 5.75 Å². The summed E-state index contributed by atoms with van der Waals surface area (Å²) in [4.78, 5) is 21.0. The Kier molecular flexibility index (Phi) is 4.13. The first-order chi connectivity index (χ1) is 8.70. The fraction of sp³-hybridized carbons (Fsp3) is 0.364. The van der Waals surface area contributed by atoms with Gasteiger partial charge < -0.3 is 4.74 Å². The van der Waals surface area contributed by atoms with Crippen LogP contribution >= 0.6 is 0 Å². The number of nitro groups is 1. The molecule has 0 saturated heterocycles. The topological polar surface area (TPSA) is 69.4 Å². The highest BCUT2D eigenvalue weighted by Crippen LogP contribution is 2.43. The number of nitrogens with zero attached hydrogens (tertiary/aromatic N) is 1. The van der Waals surface area contributed by atoms with Gasteiger partial charge in [-0.15, -0.1) is 0 Å². The Balaban J connectivity index is 3.71. The third kappa shape index (κ3) is 3.01. The summed E-state index contributed by atoms with van der Waals surface area (Å²) in [7, 11) is 0. The maximum Gasteiger partial charge on any atom is 0.420 e. The highest BCUT2D eigenvalue weighted by Gasteiger charge is 2.41. The Morgan fingerprint density at radius 2 is 2.00 bits per heavy atom. The second kappa shape index (κ2) is 5.25. The van der Waals surface area contributed by atoms with Crippen LogP contribution in [0.2, 0.25) is 0 Å². The third-order valence-corrected chi connectivity index (χ3v) is 2.29. The first-order valence-corrected chi connectivity index (χ1v) is 5.22. The van der Waals surface area contributed by atoms with Gasteiger partial charge in [-0.1, -0.05) is 0 Å². The van der Waals surface area contributed by atoms with Crippen LogP contribution in [0.4, 0.5) is 18.9 Å². The highest BCUT2D eigenvalue weighted by atomic mass is 19.4. The van der Waals surface area contributed by atoms with Crippen molar-refractivity contribution >= 4 is 11.5 Å². The second-order valence-electron chi connectivity index (χ2n) is 3.58. The van der Waals surface area contributed by atoms with Gasteiger partial charge in [-0.05, 0) is 19.9 Å². The van der Waals surface area contributed by atoms with Crippen LogP contribution in [0, 0.1) is 10.1 Å². The van der Waals surface area contributed by atoms with Crippen LogP contribution in [-0.4, -0.2) is 17.3 Å². The first-order valence-electron chi connectivity index (χ1n) is 5.22. The molecule has 0 spiro atoms. The van der Waals surface area contributed by atoms with Crippen LogP contribution in [0.3, 0.4) is 0 Å². The van der Waals surface area contributed by atoms with Crippen LogP contribution in [0.25, 0.3) is 0 Å². The number of carbonyl (C=O) groups is 1. The fourth-order valence-electron chi connectivity index (χ4n) is 1.58. The highest BCUT2D eigenvalue weighted by molar-refractivity contribution is 5.97. The van der Waals surface area contributed by atoms with Crippen molar-refractivity contribution in [1.82, 2.24) is 0 Å². The molecule has 104 valence electrons. The lowest BCUT2D eigenvalue weighted by molar-refractivity contribution is -0.386. The number of benzene rings is 1. The molecule has 0 radical (unpaired) electrons. The van der Waals surface area contributed by atoms with Crippen molar-refractivity contribution in [2.24, 2.45) is 0 Å². The van der Waals surface area contributed by atoms with Crippen LogP contribution < -0.4 is 4.74 Å². The van der Waals surface area contributed by atoms with E-state index in [1.807, 2.05) is 0 Å². The molecular formula is C11H10F3NO4. The van der Waals surface area contributed by atoms with Crippen molar-refractivity contribution in [2.75, 3.05) is 6.61 Å². The summed E-state index contributed by atoms with van der Waals surface area (Å²) in [6, 6.07) is 1.61. The van der Waals surface area contributed by atoms with Crippen molar-refractivity contribution in [3.63, 3.8) is 0 Å². The lowest BCUT2D eigenvalue weighted by Crippen LogP contribution is -2.15. The van der Waals surface area contributed by atoms with Gasteiger partial charge in [-0.25, -0.2) is 0 Å². The number of Topliss-reactive ketones (excluding diaryl/α,β-unsaturated/α-hetero) is 1. The first kappa shape index (κ1) is 14.9. The standard InChI is InChI=1S/C11H10F3NO4/c1-3-19-10-8(15(17)18)5-4-7(6(2)16)9(10)11(12,13)14/h4-5H,3H2,1-2H3. The zero-order valence-corrected chi connectivity index (χ0v) is 10.1. The number of carbonyl (C=O) groups excluding carboxylic acids is 1. The number of hydrogen-bond acceptors (Lipinski definition) is 4. The number of halogens is 3. The molecule has 0 aliphatic rings. The quantitative estimate of drug-likeness (QED) is 0.481. The van der Waals surface area contributed by atoms with E-state index in [2.05, 4.69) is 0 Å². The summed E-state index contributed by atoms with van der Waals surface area (Å²) in [5, 5.41) is 10.7. The molecule has 0 unspecified atom stereocenters. The van der Waals surface area contributed by atoms with Gasteiger partial charge in [0.1, 0.15) is 5.56 Å². The average molecular weight is 277 g/mol. The molecule has 0 aliphatic heterocycles. The molecule has 19 heavy (non-hydrogen) atoms. The number of alkyl halides is 3. The molecule has 0 saturated carbocycles. The third-order valence-electron chi connectivity index (χ3n) is 2.29. The molecule has 1 rings (SSSR count). The predicted octanol–water partition coefficient (Wildman–Crippen LogP) is 3.21. The number of rotatable bonds is 4. The zero-order chi connectivity index (χ0) is 14.8. The molecule has 0 aromatic heterocycles. The van der Waals surface area contributed by atoms with E-state index >= 15 is 0 Å². The van der Waals surface area contributed by atoms with Gasteiger partial charge in [0.05, 0.1) is 11.5 Å². The normalized spacial score (nSPS) is 11.2. The summed E-state index contributed by atoms with van der Waals surface area (Å²) in [5.41, 5.74) is -2.88. The molecule has 0 amide bonds. The minimum absolute atomic E-state index is 0.189. The summed E-state index contributed by atoms with van der Waals surface area (Å²) < 4.78 is 43.7.